The summed E-state index contributed by atoms with van der Waals surface area (Å²) in [6.07, 6.45) is 2.85. The number of carbonyl (C=O) groups is 2. The molecule has 9 nitrogen and oxygen atoms in total. The molecule has 0 unspecified atom stereocenters. The van der Waals surface area contributed by atoms with Crippen LogP contribution in [0.25, 0.3) is 11.1 Å². The maximum absolute atomic E-state index is 13.5. The van der Waals surface area contributed by atoms with Crippen LogP contribution in [0.3, 0.4) is 0 Å². The van der Waals surface area contributed by atoms with E-state index in [4.69, 9.17) is 9.47 Å². The summed E-state index contributed by atoms with van der Waals surface area (Å²) in [5.74, 6) is 0.932. The van der Waals surface area contributed by atoms with Crippen LogP contribution in [0.2, 0.25) is 0 Å². The third kappa shape index (κ3) is 9.24. The van der Waals surface area contributed by atoms with E-state index in [0.717, 1.165) is 70.3 Å². The number of unbranched alkanes of at least 4 members (excludes halogenated alkanes) is 1. The van der Waals surface area contributed by atoms with E-state index in [1.807, 2.05) is 13.8 Å². The van der Waals surface area contributed by atoms with Crippen molar-refractivity contribution in [1.29, 1.82) is 0 Å². The molecule has 0 radical (unpaired) electrons. The molecule has 2 amide bonds. The molecule has 2 aromatic carbocycles. The van der Waals surface area contributed by atoms with Crippen molar-refractivity contribution in [3.8, 4) is 22.9 Å². The molecular formula is C36H44F3N5O4. The van der Waals surface area contributed by atoms with Gasteiger partial charge in [0.05, 0.1) is 18.8 Å². The van der Waals surface area contributed by atoms with Gasteiger partial charge in [-0.3, -0.25) is 9.59 Å². The zero-order chi connectivity index (χ0) is 34.1. The Morgan fingerprint density at radius 3 is 2.17 bits per heavy atom. The maximum atomic E-state index is 13.5. The highest BCUT2D eigenvalue weighted by Crippen LogP contribution is 2.38. The first-order valence-corrected chi connectivity index (χ1v) is 16.9. The molecule has 2 heterocycles. The van der Waals surface area contributed by atoms with Crippen LogP contribution < -0.4 is 19.7 Å². The molecule has 0 atom stereocenters. The van der Waals surface area contributed by atoms with Gasteiger partial charge in [0.25, 0.3) is 5.91 Å². The highest BCUT2D eigenvalue weighted by Gasteiger charge is 2.32. The Balaban J connectivity index is 1.13. The lowest BCUT2D eigenvalue weighted by atomic mass is 9.97. The van der Waals surface area contributed by atoms with E-state index < -0.39 is 11.7 Å². The lowest BCUT2D eigenvalue weighted by Crippen LogP contribution is -2.45. The molecule has 3 aromatic rings. The number of aromatic nitrogens is 2. The number of nitrogens with one attached hydrogen (secondary N) is 1. The van der Waals surface area contributed by atoms with E-state index in [9.17, 15) is 22.8 Å². The lowest BCUT2D eigenvalue weighted by molar-refractivity contribution is -0.137. The van der Waals surface area contributed by atoms with Crippen LogP contribution >= 0.6 is 0 Å². The Kier molecular flexibility index (Phi) is 11.9. The van der Waals surface area contributed by atoms with Crippen LogP contribution in [0, 0.1) is 5.92 Å². The smallest absolute Gasteiger partial charge is 0.416 e. The van der Waals surface area contributed by atoms with Crippen molar-refractivity contribution >= 4 is 17.5 Å². The fourth-order valence-electron chi connectivity index (χ4n) is 6.04. The van der Waals surface area contributed by atoms with E-state index in [0.29, 0.717) is 66.2 Å². The number of amides is 2. The van der Waals surface area contributed by atoms with Gasteiger partial charge in [-0.25, -0.2) is 0 Å². The van der Waals surface area contributed by atoms with Crippen molar-refractivity contribution in [2.75, 3.05) is 44.3 Å². The Bertz CT molecular complexity index is 1500. The summed E-state index contributed by atoms with van der Waals surface area (Å²) >= 11 is 0. The van der Waals surface area contributed by atoms with Crippen LogP contribution in [0.15, 0.2) is 54.9 Å². The molecule has 1 saturated heterocycles. The molecule has 48 heavy (non-hydrogen) atoms. The molecule has 1 aliphatic heterocycles. The Hall–Kier alpha value is -4.19. The predicted octanol–water partition coefficient (Wildman–Crippen LogP) is 6.77. The van der Waals surface area contributed by atoms with E-state index in [-0.39, 0.29) is 17.9 Å². The third-order valence-corrected chi connectivity index (χ3v) is 8.77. The second-order valence-corrected chi connectivity index (χ2v) is 12.3. The molecule has 1 aromatic heterocycles. The third-order valence-electron chi connectivity index (χ3n) is 8.77. The molecule has 5 rings (SSSR count). The van der Waals surface area contributed by atoms with Crippen LogP contribution in [-0.4, -0.2) is 72.1 Å². The van der Waals surface area contributed by atoms with E-state index >= 15 is 0 Å². The first kappa shape index (κ1) is 35.1. The minimum absolute atomic E-state index is 0.00278. The topological polar surface area (TPSA) is 96.9 Å². The zero-order valence-electron chi connectivity index (χ0n) is 27.6. The second-order valence-electron chi connectivity index (χ2n) is 12.3. The van der Waals surface area contributed by atoms with Gasteiger partial charge in [0.15, 0.2) is 5.69 Å². The molecule has 2 fully saturated rings. The predicted molar refractivity (Wildman–Crippen MR) is 177 cm³/mol. The average Bonchev–Trinajstić information content (AvgIpc) is 3.90. The second kappa shape index (κ2) is 16.3. The van der Waals surface area contributed by atoms with Crippen LogP contribution in [0.4, 0.5) is 18.9 Å². The number of rotatable bonds is 15. The number of carbonyl (C=O) groups excluding carboxylic acids is 2. The van der Waals surface area contributed by atoms with E-state index in [1.54, 1.807) is 29.2 Å². The molecule has 1 aliphatic carbocycles. The van der Waals surface area contributed by atoms with E-state index in [2.05, 4.69) is 20.2 Å². The molecule has 2 aliphatic rings. The van der Waals surface area contributed by atoms with Gasteiger partial charge in [-0.05, 0) is 94.2 Å². The van der Waals surface area contributed by atoms with Gasteiger partial charge < -0.3 is 24.6 Å². The fraction of sp³-hybridized carbons (Fsp3) is 0.500. The number of nitrogens with zero attached hydrogens (tertiary/aromatic N) is 4. The van der Waals surface area contributed by atoms with Crippen LogP contribution in [-0.2, 0) is 11.0 Å². The minimum atomic E-state index is -4.42. The summed E-state index contributed by atoms with van der Waals surface area (Å²) in [6.45, 7) is 7.58. The normalized spacial score (nSPS) is 15.6. The first-order chi connectivity index (χ1) is 23.2. The zero-order valence-corrected chi connectivity index (χ0v) is 27.6. The molecule has 12 heteroatoms. The standard InChI is InChI=1S/C36H44F3N5O4/c1-3-47-34-32(35(48-4-2)41-24-40-34)44(31(45)23-25-11-12-25)20-8-7-19-43-21-17-28(18-22-43)42-33(46)30-10-6-5-9-29(30)26-13-15-27(16-14-26)36(37,38)39/h5-6,9-10,13-16,24-25,28H,3-4,7-8,11-12,17-23H2,1-2H3,(H,42,46). The lowest BCUT2D eigenvalue weighted by Gasteiger charge is -2.32. The summed E-state index contributed by atoms with van der Waals surface area (Å²) in [6, 6.07) is 11.9. The summed E-state index contributed by atoms with van der Waals surface area (Å²) in [5.41, 5.74) is 1.36. The Morgan fingerprint density at radius 1 is 0.917 bits per heavy atom. The number of halogens is 3. The Labute approximate surface area is 279 Å². The van der Waals surface area contributed by atoms with Gasteiger partial charge in [0.1, 0.15) is 6.33 Å². The summed E-state index contributed by atoms with van der Waals surface area (Å²) < 4.78 is 50.7. The van der Waals surface area contributed by atoms with E-state index in [1.165, 1.54) is 18.5 Å². The summed E-state index contributed by atoms with van der Waals surface area (Å²) in [7, 11) is 0. The molecule has 0 spiro atoms. The van der Waals surface area contributed by atoms with Gasteiger partial charge in [0, 0.05) is 37.7 Å². The van der Waals surface area contributed by atoms with Gasteiger partial charge in [-0.15, -0.1) is 0 Å². The largest absolute Gasteiger partial charge is 0.476 e. The number of benzene rings is 2. The number of anilines is 1. The minimum Gasteiger partial charge on any atom is -0.476 e. The van der Waals surface area contributed by atoms with Crippen molar-refractivity contribution in [1.82, 2.24) is 20.2 Å². The quantitative estimate of drug-likeness (QED) is 0.179. The molecule has 1 saturated carbocycles. The van der Waals surface area contributed by atoms with Crippen molar-refractivity contribution < 1.29 is 32.2 Å². The van der Waals surface area contributed by atoms with Crippen molar-refractivity contribution in [3.05, 3.63) is 66.0 Å². The summed E-state index contributed by atoms with van der Waals surface area (Å²) in [4.78, 5) is 39.5. The highest BCUT2D eigenvalue weighted by molar-refractivity contribution is 6.01. The molecular weight excluding hydrogens is 623 g/mol. The number of ether oxygens (including phenoxy) is 2. The monoisotopic (exact) mass is 667 g/mol. The van der Waals surface area contributed by atoms with Crippen molar-refractivity contribution in [3.63, 3.8) is 0 Å². The molecule has 0 bridgehead atoms. The molecule has 1 N–H and O–H groups in total. The SMILES string of the molecule is CCOc1ncnc(OCC)c1N(CCCCN1CCC(NC(=O)c2ccccc2-c2ccc(C(F)(F)F)cc2)CC1)C(=O)CC1CC1. The van der Waals surface area contributed by atoms with Crippen molar-refractivity contribution in [2.24, 2.45) is 5.92 Å². The molecule has 258 valence electrons. The van der Waals surface area contributed by atoms with Gasteiger partial charge in [-0.2, -0.15) is 23.1 Å². The number of hydrogen-bond acceptors (Lipinski definition) is 7. The van der Waals surface area contributed by atoms with Gasteiger partial charge in [-0.1, -0.05) is 30.3 Å². The maximum Gasteiger partial charge on any atom is 0.416 e. The highest BCUT2D eigenvalue weighted by atomic mass is 19.4. The van der Waals surface area contributed by atoms with Gasteiger partial charge >= 0.3 is 6.18 Å². The number of likely N-dealkylation sites (tertiary alicyclic amines) is 1. The Morgan fingerprint density at radius 2 is 1.56 bits per heavy atom. The average molecular weight is 668 g/mol. The number of hydrogen-bond donors (Lipinski definition) is 1. The number of piperidine rings is 1. The van der Waals surface area contributed by atoms with Gasteiger partial charge in [0.2, 0.25) is 17.7 Å². The number of alkyl halides is 3. The first-order valence-electron chi connectivity index (χ1n) is 16.9. The summed E-state index contributed by atoms with van der Waals surface area (Å²) in [5, 5.41) is 3.14. The van der Waals surface area contributed by atoms with Crippen LogP contribution in [0.1, 0.15) is 74.7 Å². The van der Waals surface area contributed by atoms with Crippen LogP contribution in [0.5, 0.6) is 11.8 Å². The fourth-order valence-corrected chi connectivity index (χ4v) is 6.04. The van der Waals surface area contributed by atoms with Crippen molar-refractivity contribution in [2.45, 2.75) is 71.0 Å².